The van der Waals surface area contributed by atoms with Crippen molar-refractivity contribution in [2.75, 3.05) is 11.5 Å². The van der Waals surface area contributed by atoms with Crippen molar-refractivity contribution in [3.63, 3.8) is 0 Å². The van der Waals surface area contributed by atoms with Crippen LogP contribution in [0, 0.1) is 5.92 Å². The van der Waals surface area contributed by atoms with Crippen molar-refractivity contribution in [3.8, 4) is 0 Å². The van der Waals surface area contributed by atoms with E-state index in [1.165, 1.54) is 10.9 Å². The normalized spacial score (nSPS) is 22.6. The van der Waals surface area contributed by atoms with Crippen LogP contribution in [-0.2, 0) is 16.3 Å². The molecular formula is C14H17NO2S. The zero-order valence-electron chi connectivity index (χ0n) is 10.2. The first-order chi connectivity index (χ1) is 8.62. The minimum absolute atomic E-state index is 0.356. The summed E-state index contributed by atoms with van der Waals surface area (Å²) in [6.07, 6.45) is 4.73. The van der Waals surface area contributed by atoms with Crippen molar-refractivity contribution >= 4 is 20.7 Å². The van der Waals surface area contributed by atoms with Gasteiger partial charge in [0, 0.05) is 11.7 Å². The van der Waals surface area contributed by atoms with E-state index in [0.717, 1.165) is 24.8 Å². The molecule has 1 aliphatic heterocycles. The van der Waals surface area contributed by atoms with Gasteiger partial charge >= 0.3 is 0 Å². The van der Waals surface area contributed by atoms with Gasteiger partial charge in [0.25, 0.3) is 0 Å². The number of hydrogen-bond acceptors (Lipinski definition) is 2. The standard InChI is InChI=1S/C14H17NO2S/c16-18(17)8-6-12(10-18)2-1-11-3-4-13-5-7-15-14(13)9-11/h3-5,7,9,12,15H,1-2,6,8,10H2/t12-/m1/s1. The molecule has 1 fully saturated rings. The van der Waals surface area contributed by atoms with Crippen molar-refractivity contribution in [2.45, 2.75) is 19.3 Å². The van der Waals surface area contributed by atoms with Crippen LogP contribution in [0.1, 0.15) is 18.4 Å². The molecule has 1 saturated heterocycles. The monoisotopic (exact) mass is 263 g/mol. The van der Waals surface area contributed by atoms with Crippen LogP contribution in [0.25, 0.3) is 10.9 Å². The predicted molar refractivity (Wildman–Crippen MR) is 73.4 cm³/mol. The summed E-state index contributed by atoms with van der Waals surface area (Å²) < 4.78 is 22.8. The number of hydrogen-bond donors (Lipinski definition) is 1. The lowest BCUT2D eigenvalue weighted by atomic mass is 9.99. The number of rotatable bonds is 3. The molecule has 0 spiro atoms. The molecule has 1 aromatic heterocycles. The molecule has 0 bridgehead atoms. The third-order valence-electron chi connectivity index (χ3n) is 3.79. The van der Waals surface area contributed by atoms with Gasteiger partial charge in [-0.2, -0.15) is 0 Å². The highest BCUT2D eigenvalue weighted by Gasteiger charge is 2.27. The smallest absolute Gasteiger partial charge is 0.150 e. The number of fused-ring (bicyclic) bond motifs is 1. The van der Waals surface area contributed by atoms with E-state index in [-0.39, 0.29) is 0 Å². The molecule has 2 heterocycles. The summed E-state index contributed by atoms with van der Waals surface area (Å²) in [5, 5.41) is 1.22. The molecule has 2 aromatic rings. The molecule has 0 unspecified atom stereocenters. The van der Waals surface area contributed by atoms with Crippen molar-refractivity contribution < 1.29 is 8.42 Å². The largest absolute Gasteiger partial charge is 0.361 e. The van der Waals surface area contributed by atoms with Gasteiger partial charge in [0.2, 0.25) is 0 Å². The number of aromatic nitrogens is 1. The van der Waals surface area contributed by atoms with Crippen LogP contribution in [-0.4, -0.2) is 24.9 Å². The van der Waals surface area contributed by atoms with E-state index in [1.54, 1.807) is 0 Å². The van der Waals surface area contributed by atoms with Gasteiger partial charge in [0.15, 0.2) is 9.84 Å². The third kappa shape index (κ3) is 2.43. The lowest BCUT2D eigenvalue weighted by molar-refractivity contribution is 0.542. The molecule has 1 aromatic carbocycles. The van der Waals surface area contributed by atoms with Crippen LogP contribution in [0.5, 0.6) is 0 Å². The first kappa shape index (κ1) is 11.8. The number of sulfone groups is 1. The molecule has 18 heavy (non-hydrogen) atoms. The molecule has 1 aliphatic rings. The minimum atomic E-state index is -2.73. The summed E-state index contributed by atoms with van der Waals surface area (Å²) in [5.74, 6) is 1.12. The zero-order valence-corrected chi connectivity index (χ0v) is 11.0. The Balaban J connectivity index is 1.66. The van der Waals surface area contributed by atoms with E-state index >= 15 is 0 Å². The second kappa shape index (κ2) is 4.43. The molecule has 3 nitrogen and oxygen atoms in total. The molecule has 3 rings (SSSR count). The average Bonchev–Trinajstić information content (AvgIpc) is 2.92. The summed E-state index contributed by atoms with van der Waals surface area (Å²) in [5.41, 5.74) is 2.45. The van der Waals surface area contributed by atoms with Gasteiger partial charge in [-0.3, -0.25) is 0 Å². The van der Waals surface area contributed by atoms with Crippen LogP contribution in [0.3, 0.4) is 0 Å². The quantitative estimate of drug-likeness (QED) is 0.925. The second-order valence-electron chi connectivity index (χ2n) is 5.21. The molecule has 0 saturated carbocycles. The summed E-state index contributed by atoms with van der Waals surface area (Å²) in [6, 6.07) is 8.48. The first-order valence-electron chi connectivity index (χ1n) is 6.39. The molecule has 1 atom stereocenters. The first-order valence-corrected chi connectivity index (χ1v) is 8.21. The Morgan fingerprint density at radius 2 is 2.17 bits per heavy atom. The van der Waals surface area contributed by atoms with Crippen LogP contribution in [0.15, 0.2) is 30.5 Å². The van der Waals surface area contributed by atoms with Gasteiger partial charge in [-0.05, 0) is 48.3 Å². The molecular weight excluding hydrogens is 246 g/mol. The zero-order chi connectivity index (χ0) is 12.6. The molecule has 1 N–H and O–H groups in total. The Morgan fingerprint density at radius 1 is 1.28 bits per heavy atom. The highest BCUT2D eigenvalue weighted by molar-refractivity contribution is 7.91. The highest BCUT2D eigenvalue weighted by atomic mass is 32.2. The fourth-order valence-electron chi connectivity index (χ4n) is 2.72. The maximum atomic E-state index is 11.4. The van der Waals surface area contributed by atoms with E-state index in [0.29, 0.717) is 17.4 Å². The van der Waals surface area contributed by atoms with Gasteiger partial charge in [-0.15, -0.1) is 0 Å². The van der Waals surface area contributed by atoms with Crippen molar-refractivity contribution in [1.82, 2.24) is 4.98 Å². The fraction of sp³-hybridized carbons (Fsp3) is 0.429. The lowest BCUT2D eigenvalue weighted by Crippen LogP contribution is -2.05. The van der Waals surface area contributed by atoms with Gasteiger partial charge in [-0.1, -0.05) is 12.1 Å². The fourth-order valence-corrected chi connectivity index (χ4v) is 4.63. The average molecular weight is 263 g/mol. The van der Waals surface area contributed by atoms with Gasteiger partial charge in [0.05, 0.1) is 11.5 Å². The van der Waals surface area contributed by atoms with Crippen LogP contribution in [0.2, 0.25) is 0 Å². The summed E-state index contributed by atoms with van der Waals surface area (Å²) >= 11 is 0. The molecule has 0 radical (unpaired) electrons. The number of H-pyrrole nitrogens is 1. The number of aromatic amines is 1. The van der Waals surface area contributed by atoms with Crippen LogP contribution in [0.4, 0.5) is 0 Å². The molecule has 0 amide bonds. The Hall–Kier alpha value is -1.29. The number of nitrogens with one attached hydrogen (secondary N) is 1. The Morgan fingerprint density at radius 3 is 2.94 bits per heavy atom. The summed E-state index contributed by atoms with van der Waals surface area (Å²) in [7, 11) is -2.73. The van der Waals surface area contributed by atoms with E-state index in [2.05, 4.69) is 29.2 Å². The summed E-state index contributed by atoms with van der Waals surface area (Å²) in [4.78, 5) is 3.21. The maximum absolute atomic E-state index is 11.4. The van der Waals surface area contributed by atoms with Crippen molar-refractivity contribution in [2.24, 2.45) is 5.92 Å². The minimum Gasteiger partial charge on any atom is -0.361 e. The topological polar surface area (TPSA) is 49.9 Å². The van der Waals surface area contributed by atoms with Gasteiger partial charge in [0.1, 0.15) is 0 Å². The molecule has 0 aliphatic carbocycles. The van der Waals surface area contributed by atoms with Crippen molar-refractivity contribution in [1.29, 1.82) is 0 Å². The summed E-state index contributed by atoms with van der Waals surface area (Å²) in [6.45, 7) is 0. The Bertz CT molecular complexity index is 657. The SMILES string of the molecule is O=S1(=O)CC[C@@H](CCc2ccc3cc[nH]c3c2)C1. The highest BCUT2D eigenvalue weighted by Crippen LogP contribution is 2.24. The predicted octanol–water partition coefficient (Wildman–Crippen LogP) is 2.54. The van der Waals surface area contributed by atoms with E-state index in [4.69, 9.17) is 0 Å². The molecule has 96 valence electrons. The molecule has 4 heteroatoms. The lowest BCUT2D eigenvalue weighted by Gasteiger charge is -2.07. The van der Waals surface area contributed by atoms with Crippen molar-refractivity contribution in [3.05, 3.63) is 36.0 Å². The van der Waals surface area contributed by atoms with Gasteiger partial charge in [-0.25, -0.2) is 8.42 Å². The van der Waals surface area contributed by atoms with E-state index < -0.39 is 9.84 Å². The van der Waals surface area contributed by atoms with Crippen LogP contribution >= 0.6 is 0 Å². The number of benzene rings is 1. The maximum Gasteiger partial charge on any atom is 0.150 e. The van der Waals surface area contributed by atoms with E-state index in [9.17, 15) is 8.42 Å². The van der Waals surface area contributed by atoms with E-state index in [1.807, 2.05) is 6.20 Å². The third-order valence-corrected chi connectivity index (χ3v) is 5.62. The van der Waals surface area contributed by atoms with Gasteiger partial charge < -0.3 is 4.98 Å². The van der Waals surface area contributed by atoms with Crippen LogP contribution < -0.4 is 0 Å². The number of aryl methyl sites for hydroxylation is 1. The second-order valence-corrected chi connectivity index (χ2v) is 7.44. The Labute approximate surface area is 107 Å². The Kier molecular flexibility index (Phi) is 2.90.